The summed E-state index contributed by atoms with van der Waals surface area (Å²) in [5.41, 5.74) is 0. The van der Waals surface area contributed by atoms with Crippen molar-refractivity contribution in [2.45, 2.75) is 18.9 Å². The van der Waals surface area contributed by atoms with Gasteiger partial charge in [-0.25, -0.2) is 0 Å². The van der Waals surface area contributed by atoms with E-state index in [1.807, 2.05) is 18.5 Å². The molecule has 2 heterocycles. The number of nitrogens with zero attached hydrogens (tertiary/aromatic N) is 1. The van der Waals surface area contributed by atoms with Crippen LogP contribution < -0.4 is 0 Å². The molecule has 0 aromatic rings. The topological polar surface area (TPSA) is 21.6 Å². The number of aliphatic imine (C=N–C) groups is 1. The highest BCUT2D eigenvalue weighted by atomic mass is 16.5. The fourth-order valence-corrected chi connectivity index (χ4v) is 1.48. The molecule has 0 N–H and O–H groups in total. The summed E-state index contributed by atoms with van der Waals surface area (Å²) in [5, 5.41) is 0. The van der Waals surface area contributed by atoms with Crippen LogP contribution in [0.4, 0.5) is 0 Å². The van der Waals surface area contributed by atoms with Crippen LogP contribution in [-0.4, -0.2) is 18.9 Å². The van der Waals surface area contributed by atoms with Gasteiger partial charge in [0.25, 0.3) is 0 Å². The minimum atomic E-state index is 0.325. The normalized spacial score (nSPS) is 37.6. The Kier molecular flexibility index (Phi) is 1.55. The molecular formula is C8H11NO. The summed E-state index contributed by atoms with van der Waals surface area (Å²) in [4.78, 5) is 4.08. The van der Waals surface area contributed by atoms with E-state index in [0.29, 0.717) is 12.0 Å². The molecule has 0 bridgehead atoms. The molecule has 2 nitrogen and oxygen atoms in total. The molecule has 0 radical (unpaired) electrons. The van der Waals surface area contributed by atoms with Crippen LogP contribution >= 0.6 is 0 Å². The number of hydrogen-bond donors (Lipinski definition) is 0. The van der Waals surface area contributed by atoms with Crippen molar-refractivity contribution in [1.82, 2.24) is 0 Å². The first-order chi connectivity index (χ1) is 4.97. The number of hydrogen-bond acceptors (Lipinski definition) is 2. The first-order valence-electron chi connectivity index (χ1n) is 3.78. The molecule has 2 aliphatic heterocycles. The largest absolute Gasteiger partial charge is 0.373 e. The molecule has 10 heavy (non-hydrogen) atoms. The Morgan fingerprint density at radius 3 is 3.40 bits per heavy atom. The van der Waals surface area contributed by atoms with Gasteiger partial charge in [-0.3, -0.25) is 4.99 Å². The quantitative estimate of drug-likeness (QED) is 0.494. The first kappa shape index (κ1) is 6.10. The van der Waals surface area contributed by atoms with Crippen LogP contribution in [0.25, 0.3) is 0 Å². The summed E-state index contributed by atoms with van der Waals surface area (Å²) in [6, 6.07) is 0. The molecule has 54 valence electrons. The van der Waals surface area contributed by atoms with Gasteiger partial charge in [0.2, 0.25) is 0 Å². The van der Waals surface area contributed by atoms with E-state index in [9.17, 15) is 0 Å². The third kappa shape index (κ3) is 0.991. The van der Waals surface area contributed by atoms with E-state index < -0.39 is 0 Å². The Balaban J connectivity index is 2.09. The molecule has 2 aliphatic rings. The third-order valence-corrected chi connectivity index (χ3v) is 2.05. The van der Waals surface area contributed by atoms with Crippen molar-refractivity contribution < 1.29 is 4.74 Å². The van der Waals surface area contributed by atoms with E-state index >= 15 is 0 Å². The van der Waals surface area contributed by atoms with Crippen LogP contribution in [0.2, 0.25) is 0 Å². The predicted molar refractivity (Wildman–Crippen MR) is 40.1 cm³/mol. The lowest BCUT2D eigenvalue weighted by Gasteiger charge is -2.28. The molecule has 2 unspecified atom stereocenters. The smallest absolute Gasteiger partial charge is 0.0851 e. The van der Waals surface area contributed by atoms with Crippen LogP contribution in [0.3, 0.4) is 0 Å². The van der Waals surface area contributed by atoms with Crippen molar-refractivity contribution in [1.29, 1.82) is 0 Å². The molecule has 1 fully saturated rings. The van der Waals surface area contributed by atoms with Crippen molar-refractivity contribution in [3.05, 3.63) is 12.3 Å². The summed E-state index contributed by atoms with van der Waals surface area (Å²) in [5.74, 6) is 0.554. The Morgan fingerprint density at radius 2 is 2.50 bits per heavy atom. The van der Waals surface area contributed by atoms with Crippen LogP contribution in [0, 0.1) is 5.92 Å². The Morgan fingerprint density at radius 1 is 1.50 bits per heavy atom. The highest BCUT2D eigenvalue weighted by Gasteiger charge is 2.23. The highest BCUT2D eigenvalue weighted by molar-refractivity contribution is 5.64. The van der Waals surface area contributed by atoms with Gasteiger partial charge in [0.05, 0.1) is 6.10 Å². The monoisotopic (exact) mass is 137 g/mol. The molecule has 2 rings (SSSR count). The molecule has 0 aliphatic carbocycles. The standard InChI is InChI=1S/C8H11NO/c1-2-7-6-9-4-3-8(7)10-5-1/h3-4,6-8H,1-2,5H2. The van der Waals surface area contributed by atoms with Gasteiger partial charge in [-0.15, -0.1) is 0 Å². The molecular weight excluding hydrogens is 126 g/mol. The lowest BCUT2D eigenvalue weighted by atomic mass is 9.94. The lowest BCUT2D eigenvalue weighted by Crippen LogP contribution is -2.29. The van der Waals surface area contributed by atoms with Crippen molar-refractivity contribution in [3.8, 4) is 0 Å². The molecule has 0 amide bonds. The second-order valence-electron chi connectivity index (χ2n) is 2.78. The predicted octanol–water partition coefficient (Wildman–Crippen LogP) is 1.38. The van der Waals surface area contributed by atoms with Crippen LogP contribution in [0.1, 0.15) is 12.8 Å². The second-order valence-corrected chi connectivity index (χ2v) is 2.78. The summed E-state index contributed by atoms with van der Waals surface area (Å²) < 4.78 is 5.50. The fraction of sp³-hybridized carbons (Fsp3) is 0.625. The molecule has 1 saturated heterocycles. The van der Waals surface area contributed by atoms with Gasteiger partial charge in [-0.05, 0) is 18.9 Å². The van der Waals surface area contributed by atoms with Crippen molar-refractivity contribution >= 4 is 6.21 Å². The van der Waals surface area contributed by atoms with Crippen LogP contribution in [0.15, 0.2) is 17.3 Å². The van der Waals surface area contributed by atoms with E-state index in [2.05, 4.69) is 4.99 Å². The van der Waals surface area contributed by atoms with Gasteiger partial charge >= 0.3 is 0 Å². The molecule has 0 aromatic heterocycles. The Labute approximate surface area is 60.6 Å². The van der Waals surface area contributed by atoms with Gasteiger partial charge in [-0.1, -0.05) is 0 Å². The van der Waals surface area contributed by atoms with Gasteiger partial charge in [-0.2, -0.15) is 0 Å². The number of fused-ring (bicyclic) bond motifs is 1. The van der Waals surface area contributed by atoms with Crippen molar-refractivity contribution in [3.63, 3.8) is 0 Å². The zero-order chi connectivity index (χ0) is 6.81. The lowest BCUT2D eigenvalue weighted by molar-refractivity contribution is 0.0261. The third-order valence-electron chi connectivity index (χ3n) is 2.05. The van der Waals surface area contributed by atoms with E-state index in [1.165, 1.54) is 12.8 Å². The van der Waals surface area contributed by atoms with E-state index in [1.54, 1.807) is 0 Å². The maximum atomic E-state index is 5.50. The maximum Gasteiger partial charge on any atom is 0.0851 e. The summed E-state index contributed by atoms with van der Waals surface area (Å²) in [6.07, 6.45) is 8.62. The summed E-state index contributed by atoms with van der Waals surface area (Å²) in [6.45, 7) is 0.916. The van der Waals surface area contributed by atoms with Gasteiger partial charge in [0.15, 0.2) is 0 Å². The van der Waals surface area contributed by atoms with Gasteiger partial charge in [0.1, 0.15) is 0 Å². The second kappa shape index (κ2) is 2.54. The Hall–Kier alpha value is -0.630. The first-order valence-corrected chi connectivity index (χ1v) is 3.78. The zero-order valence-electron chi connectivity index (χ0n) is 5.86. The SMILES string of the molecule is C1=CC2OCCCC2C=N1. The zero-order valence-corrected chi connectivity index (χ0v) is 5.86. The number of rotatable bonds is 0. The van der Waals surface area contributed by atoms with Gasteiger partial charge in [0, 0.05) is 24.9 Å². The van der Waals surface area contributed by atoms with E-state index in [4.69, 9.17) is 4.74 Å². The van der Waals surface area contributed by atoms with Gasteiger partial charge < -0.3 is 4.74 Å². The van der Waals surface area contributed by atoms with E-state index in [0.717, 1.165) is 6.61 Å². The summed E-state index contributed by atoms with van der Waals surface area (Å²) >= 11 is 0. The highest BCUT2D eigenvalue weighted by Crippen LogP contribution is 2.22. The van der Waals surface area contributed by atoms with Crippen LogP contribution in [-0.2, 0) is 4.74 Å². The average molecular weight is 137 g/mol. The maximum absolute atomic E-state index is 5.50. The number of ether oxygens (including phenoxy) is 1. The Bertz CT molecular complexity index is 154. The molecule has 0 spiro atoms. The minimum absolute atomic E-state index is 0.325. The molecule has 2 heteroatoms. The fourth-order valence-electron chi connectivity index (χ4n) is 1.48. The molecule has 0 aromatic carbocycles. The summed E-state index contributed by atoms with van der Waals surface area (Å²) in [7, 11) is 0. The molecule has 0 saturated carbocycles. The minimum Gasteiger partial charge on any atom is -0.373 e. The van der Waals surface area contributed by atoms with E-state index in [-0.39, 0.29) is 0 Å². The van der Waals surface area contributed by atoms with Crippen molar-refractivity contribution in [2.75, 3.05) is 6.61 Å². The molecule has 2 atom stereocenters. The van der Waals surface area contributed by atoms with Crippen molar-refractivity contribution in [2.24, 2.45) is 10.9 Å². The average Bonchev–Trinajstić information content (AvgIpc) is 2.05. The van der Waals surface area contributed by atoms with Crippen LogP contribution in [0.5, 0.6) is 0 Å².